The molecule has 6 nitrogen and oxygen atoms in total. The molecule has 0 atom stereocenters. The second-order valence-electron chi connectivity index (χ2n) is 6.11. The van der Waals surface area contributed by atoms with E-state index < -0.39 is 11.8 Å². The van der Waals surface area contributed by atoms with Gasteiger partial charge in [-0.3, -0.25) is 9.59 Å². The molecule has 0 saturated carbocycles. The van der Waals surface area contributed by atoms with Crippen LogP contribution in [0.3, 0.4) is 0 Å². The normalized spacial score (nSPS) is 10.6. The summed E-state index contributed by atoms with van der Waals surface area (Å²) in [6.07, 6.45) is 1.39. The molecule has 0 aromatic heterocycles. The monoisotopic (exact) mass is 469 g/mol. The van der Waals surface area contributed by atoms with Gasteiger partial charge < -0.3 is 10.1 Å². The molecule has 2 amide bonds. The van der Waals surface area contributed by atoms with Crippen LogP contribution in [0, 0.1) is 5.82 Å². The molecule has 0 aliphatic carbocycles. The highest BCUT2D eigenvalue weighted by molar-refractivity contribution is 9.10. The van der Waals surface area contributed by atoms with E-state index in [9.17, 15) is 14.0 Å². The Labute approximate surface area is 180 Å². The van der Waals surface area contributed by atoms with E-state index in [0.717, 1.165) is 4.47 Å². The first kappa shape index (κ1) is 21.2. The minimum atomic E-state index is -0.890. The Morgan fingerprint density at radius 2 is 1.67 bits per heavy atom. The number of rotatable bonds is 6. The zero-order valence-corrected chi connectivity index (χ0v) is 17.2. The predicted molar refractivity (Wildman–Crippen MR) is 116 cm³/mol. The molecule has 0 aliphatic rings. The van der Waals surface area contributed by atoms with Crippen LogP contribution in [0.1, 0.15) is 11.1 Å². The van der Waals surface area contributed by atoms with Crippen LogP contribution in [0.2, 0.25) is 0 Å². The number of amides is 2. The molecule has 0 heterocycles. The summed E-state index contributed by atoms with van der Waals surface area (Å²) in [5.74, 6) is -1.47. The van der Waals surface area contributed by atoms with E-state index in [1.165, 1.54) is 12.3 Å². The van der Waals surface area contributed by atoms with Gasteiger partial charge in [0, 0.05) is 15.7 Å². The van der Waals surface area contributed by atoms with Gasteiger partial charge in [-0.25, -0.2) is 9.82 Å². The highest BCUT2D eigenvalue weighted by Gasteiger charge is 2.12. The maximum absolute atomic E-state index is 13.6. The Morgan fingerprint density at radius 3 is 2.37 bits per heavy atom. The fourth-order valence-electron chi connectivity index (χ4n) is 2.36. The van der Waals surface area contributed by atoms with E-state index >= 15 is 0 Å². The second kappa shape index (κ2) is 10.3. The average Bonchev–Trinajstić information content (AvgIpc) is 2.75. The quantitative estimate of drug-likeness (QED) is 0.321. The van der Waals surface area contributed by atoms with Crippen LogP contribution in [-0.2, 0) is 16.2 Å². The van der Waals surface area contributed by atoms with Crippen LogP contribution in [-0.4, -0.2) is 18.0 Å². The number of nitrogens with one attached hydrogen (secondary N) is 2. The van der Waals surface area contributed by atoms with Gasteiger partial charge in [-0.05, 0) is 60.2 Å². The highest BCUT2D eigenvalue weighted by Crippen LogP contribution is 2.15. The molecule has 152 valence electrons. The molecular weight excluding hydrogens is 453 g/mol. The summed E-state index contributed by atoms with van der Waals surface area (Å²) in [6, 6.07) is 20.0. The lowest BCUT2D eigenvalue weighted by Crippen LogP contribution is -2.32. The molecule has 0 radical (unpaired) electrons. The van der Waals surface area contributed by atoms with E-state index in [1.54, 1.807) is 66.7 Å². The van der Waals surface area contributed by atoms with Crippen LogP contribution in [0.25, 0.3) is 0 Å². The summed E-state index contributed by atoms with van der Waals surface area (Å²) in [6.45, 7) is 0.115. The zero-order chi connectivity index (χ0) is 21.3. The Kier molecular flexibility index (Phi) is 7.29. The Hall–Kier alpha value is -3.52. The second-order valence-corrected chi connectivity index (χ2v) is 7.02. The first-order chi connectivity index (χ1) is 14.5. The third-order valence-corrected chi connectivity index (χ3v) is 4.45. The topological polar surface area (TPSA) is 79.8 Å². The lowest BCUT2D eigenvalue weighted by atomic mass is 10.2. The third-order valence-electron chi connectivity index (χ3n) is 3.92. The van der Waals surface area contributed by atoms with Gasteiger partial charge in [0.25, 0.3) is 0 Å². The lowest BCUT2D eigenvalue weighted by molar-refractivity contribution is -0.136. The fraction of sp³-hybridized carbons (Fsp3) is 0.0455. The largest absolute Gasteiger partial charge is 0.489 e. The Balaban J connectivity index is 1.47. The minimum absolute atomic E-state index is 0.115. The van der Waals surface area contributed by atoms with E-state index in [0.29, 0.717) is 22.6 Å². The number of nitrogens with zero attached hydrogens (tertiary/aromatic N) is 1. The number of hydrogen-bond acceptors (Lipinski definition) is 4. The number of carbonyl (C=O) groups is 2. The molecule has 0 bridgehead atoms. The van der Waals surface area contributed by atoms with Crippen molar-refractivity contribution in [2.75, 3.05) is 5.32 Å². The molecule has 30 heavy (non-hydrogen) atoms. The van der Waals surface area contributed by atoms with Gasteiger partial charge >= 0.3 is 11.8 Å². The van der Waals surface area contributed by atoms with E-state index in [1.807, 2.05) is 0 Å². The van der Waals surface area contributed by atoms with Crippen LogP contribution in [0.4, 0.5) is 10.1 Å². The number of halogens is 2. The minimum Gasteiger partial charge on any atom is -0.489 e. The maximum Gasteiger partial charge on any atom is 0.329 e. The molecular formula is C22H17BrFN3O3. The summed E-state index contributed by atoms with van der Waals surface area (Å²) in [7, 11) is 0. The summed E-state index contributed by atoms with van der Waals surface area (Å²) in [5.41, 5.74) is 3.81. The van der Waals surface area contributed by atoms with Crippen molar-refractivity contribution >= 4 is 39.6 Å². The zero-order valence-electron chi connectivity index (χ0n) is 15.6. The molecule has 2 N–H and O–H groups in total. The third kappa shape index (κ3) is 6.25. The highest BCUT2D eigenvalue weighted by atomic mass is 79.9. The van der Waals surface area contributed by atoms with Crippen molar-refractivity contribution in [2.45, 2.75) is 6.61 Å². The summed E-state index contributed by atoms with van der Waals surface area (Å²) >= 11 is 3.29. The summed E-state index contributed by atoms with van der Waals surface area (Å²) in [5, 5.41) is 6.24. The Bertz CT molecular complexity index is 1050. The van der Waals surface area contributed by atoms with Crippen molar-refractivity contribution in [3.8, 4) is 5.75 Å². The SMILES string of the molecule is O=C(N/N=C/c1ccc(OCc2ccccc2F)cc1)C(=O)Nc1ccc(Br)cc1. The smallest absolute Gasteiger partial charge is 0.329 e. The van der Waals surface area contributed by atoms with Crippen molar-refractivity contribution in [2.24, 2.45) is 5.10 Å². The molecule has 0 spiro atoms. The van der Waals surface area contributed by atoms with Gasteiger partial charge in [0.1, 0.15) is 18.2 Å². The molecule has 0 saturated heterocycles. The Morgan fingerprint density at radius 1 is 0.967 bits per heavy atom. The van der Waals surface area contributed by atoms with Crippen LogP contribution in [0.5, 0.6) is 5.75 Å². The van der Waals surface area contributed by atoms with Crippen LogP contribution >= 0.6 is 15.9 Å². The molecule has 3 aromatic rings. The molecule has 0 fully saturated rings. The first-order valence-electron chi connectivity index (χ1n) is 8.87. The summed E-state index contributed by atoms with van der Waals surface area (Å²) in [4.78, 5) is 23.7. The van der Waals surface area contributed by atoms with E-state index in [4.69, 9.17) is 4.74 Å². The van der Waals surface area contributed by atoms with Gasteiger partial charge in [0.2, 0.25) is 0 Å². The van der Waals surface area contributed by atoms with Gasteiger partial charge in [-0.1, -0.05) is 34.1 Å². The van der Waals surface area contributed by atoms with Crippen molar-refractivity contribution in [3.05, 3.63) is 94.2 Å². The van der Waals surface area contributed by atoms with Crippen molar-refractivity contribution in [1.29, 1.82) is 0 Å². The predicted octanol–water partition coefficient (Wildman–Crippen LogP) is 4.26. The maximum atomic E-state index is 13.6. The number of benzene rings is 3. The molecule has 0 aliphatic heterocycles. The van der Waals surface area contributed by atoms with Crippen molar-refractivity contribution in [3.63, 3.8) is 0 Å². The van der Waals surface area contributed by atoms with Crippen LogP contribution in [0.15, 0.2) is 82.4 Å². The van der Waals surface area contributed by atoms with Gasteiger partial charge in [0.05, 0.1) is 6.21 Å². The van der Waals surface area contributed by atoms with Crippen molar-refractivity contribution < 1.29 is 18.7 Å². The van der Waals surface area contributed by atoms with Crippen molar-refractivity contribution in [1.82, 2.24) is 5.43 Å². The lowest BCUT2D eigenvalue weighted by Gasteiger charge is -2.07. The van der Waals surface area contributed by atoms with Gasteiger partial charge in [0.15, 0.2) is 0 Å². The summed E-state index contributed by atoms with van der Waals surface area (Å²) < 4.78 is 20.0. The van der Waals surface area contributed by atoms with E-state index in [2.05, 4.69) is 31.8 Å². The molecule has 8 heteroatoms. The number of ether oxygens (including phenoxy) is 1. The van der Waals surface area contributed by atoms with E-state index in [-0.39, 0.29) is 12.4 Å². The number of hydrazone groups is 1. The average molecular weight is 470 g/mol. The number of hydrogen-bond donors (Lipinski definition) is 2. The van der Waals surface area contributed by atoms with Crippen LogP contribution < -0.4 is 15.5 Å². The van der Waals surface area contributed by atoms with Gasteiger partial charge in [-0.15, -0.1) is 0 Å². The van der Waals surface area contributed by atoms with Gasteiger partial charge in [-0.2, -0.15) is 5.10 Å². The first-order valence-corrected chi connectivity index (χ1v) is 9.67. The fourth-order valence-corrected chi connectivity index (χ4v) is 2.63. The number of anilines is 1. The number of carbonyl (C=O) groups excluding carboxylic acids is 2. The standard InChI is InChI=1S/C22H17BrFN3O3/c23-17-7-9-18(10-8-17)26-21(28)22(29)27-25-13-15-5-11-19(12-6-15)30-14-16-3-1-2-4-20(16)24/h1-13H,14H2,(H,26,28)(H,27,29)/b25-13+. The molecule has 3 aromatic carbocycles. The molecule has 3 rings (SSSR count). The molecule has 0 unspecified atom stereocenters.